The van der Waals surface area contributed by atoms with Crippen LogP contribution in [0.4, 0.5) is 0 Å². The first kappa shape index (κ1) is 19.2. The summed E-state index contributed by atoms with van der Waals surface area (Å²) in [5, 5.41) is 2.68. The summed E-state index contributed by atoms with van der Waals surface area (Å²) in [6.45, 7) is 3.33. The number of carbonyl (C=O) groups is 3. The number of ketones is 1. The summed E-state index contributed by atoms with van der Waals surface area (Å²) in [5.74, 6) is -0.642. The van der Waals surface area contributed by atoms with Crippen LogP contribution >= 0.6 is 0 Å². The first-order chi connectivity index (χ1) is 12.4. The summed E-state index contributed by atoms with van der Waals surface area (Å²) in [7, 11) is 1.47. The molecule has 0 bridgehead atoms. The van der Waals surface area contributed by atoms with Crippen LogP contribution in [-0.2, 0) is 16.1 Å². The van der Waals surface area contributed by atoms with Gasteiger partial charge < -0.3 is 14.8 Å². The quantitative estimate of drug-likeness (QED) is 0.610. The Hall–Kier alpha value is -3.15. The molecule has 2 rings (SSSR count). The zero-order valence-electron chi connectivity index (χ0n) is 15.0. The molecular formula is C20H21NO5. The Bertz CT molecular complexity index is 811. The zero-order chi connectivity index (χ0) is 19.1. The van der Waals surface area contributed by atoms with Crippen molar-refractivity contribution in [3.8, 4) is 5.75 Å². The predicted molar refractivity (Wildman–Crippen MR) is 96.3 cm³/mol. The molecular weight excluding hydrogens is 334 g/mol. The number of esters is 1. The number of ether oxygens (including phenoxy) is 2. The van der Waals surface area contributed by atoms with Crippen LogP contribution in [0, 0.1) is 6.92 Å². The van der Waals surface area contributed by atoms with Crippen LogP contribution in [-0.4, -0.2) is 31.4 Å². The number of amides is 1. The lowest BCUT2D eigenvalue weighted by atomic mass is 10.1. The zero-order valence-corrected chi connectivity index (χ0v) is 15.0. The van der Waals surface area contributed by atoms with Crippen molar-refractivity contribution >= 4 is 17.7 Å². The van der Waals surface area contributed by atoms with E-state index < -0.39 is 5.97 Å². The third kappa shape index (κ3) is 5.17. The van der Waals surface area contributed by atoms with Gasteiger partial charge in [0.05, 0.1) is 7.11 Å². The summed E-state index contributed by atoms with van der Waals surface area (Å²) in [6, 6.07) is 11.9. The minimum atomic E-state index is -0.610. The number of benzene rings is 2. The summed E-state index contributed by atoms with van der Waals surface area (Å²) >= 11 is 0. The van der Waals surface area contributed by atoms with Gasteiger partial charge in [-0.05, 0) is 24.6 Å². The minimum absolute atomic E-state index is 0.122. The largest absolute Gasteiger partial charge is 0.496 e. The van der Waals surface area contributed by atoms with Crippen LogP contribution < -0.4 is 10.1 Å². The number of rotatable bonds is 7. The average Bonchev–Trinajstić information content (AvgIpc) is 2.64. The molecule has 0 fully saturated rings. The molecule has 0 aromatic heterocycles. The molecule has 1 N–H and O–H groups in total. The fourth-order valence-corrected chi connectivity index (χ4v) is 2.31. The van der Waals surface area contributed by atoms with Crippen LogP contribution in [0.5, 0.6) is 5.75 Å². The maximum absolute atomic E-state index is 12.2. The van der Waals surface area contributed by atoms with Crippen LogP contribution in [0.3, 0.4) is 0 Å². The maximum atomic E-state index is 12.2. The lowest BCUT2D eigenvalue weighted by molar-refractivity contribution is -0.119. The fourth-order valence-electron chi connectivity index (χ4n) is 2.31. The van der Waals surface area contributed by atoms with E-state index in [2.05, 4.69) is 5.32 Å². The second-order valence-corrected chi connectivity index (χ2v) is 5.81. The molecule has 0 aliphatic rings. The molecule has 0 heterocycles. The van der Waals surface area contributed by atoms with E-state index in [-0.39, 0.29) is 23.9 Å². The SMILES string of the molecule is COc1ccc(C)cc1C(=O)OCC(=O)c1ccc(CNC(C)=O)cc1. The molecule has 0 radical (unpaired) electrons. The Labute approximate surface area is 152 Å². The normalized spacial score (nSPS) is 10.1. The topological polar surface area (TPSA) is 81.7 Å². The monoisotopic (exact) mass is 355 g/mol. The molecule has 6 nitrogen and oxygen atoms in total. The van der Waals surface area contributed by atoms with Gasteiger partial charge in [-0.25, -0.2) is 4.79 Å². The van der Waals surface area contributed by atoms with Crippen molar-refractivity contribution in [1.82, 2.24) is 5.32 Å². The van der Waals surface area contributed by atoms with E-state index in [4.69, 9.17) is 9.47 Å². The number of methoxy groups -OCH3 is 1. The van der Waals surface area contributed by atoms with E-state index in [0.717, 1.165) is 11.1 Å². The second kappa shape index (κ2) is 8.80. The third-order valence-corrected chi connectivity index (χ3v) is 3.73. The number of nitrogens with one attached hydrogen (secondary N) is 1. The first-order valence-electron chi connectivity index (χ1n) is 8.09. The summed E-state index contributed by atoms with van der Waals surface area (Å²) < 4.78 is 10.3. The lowest BCUT2D eigenvalue weighted by Crippen LogP contribution is -2.19. The maximum Gasteiger partial charge on any atom is 0.342 e. The first-order valence-corrected chi connectivity index (χ1v) is 8.09. The standard InChI is InChI=1S/C20H21NO5/c1-13-4-9-19(25-3)17(10-13)20(24)26-12-18(23)16-7-5-15(6-8-16)11-21-14(2)22/h4-10H,11-12H2,1-3H3,(H,21,22). The van der Waals surface area contributed by atoms with E-state index in [1.807, 2.05) is 13.0 Å². The van der Waals surface area contributed by atoms with Gasteiger partial charge in [0, 0.05) is 19.0 Å². The Balaban J connectivity index is 1.97. The van der Waals surface area contributed by atoms with Gasteiger partial charge in [0.15, 0.2) is 12.4 Å². The lowest BCUT2D eigenvalue weighted by Gasteiger charge is -2.09. The van der Waals surface area contributed by atoms with Crippen LogP contribution in [0.2, 0.25) is 0 Å². The van der Waals surface area contributed by atoms with Crippen molar-refractivity contribution in [3.05, 3.63) is 64.7 Å². The van der Waals surface area contributed by atoms with Gasteiger partial charge >= 0.3 is 5.97 Å². The Morgan fingerprint density at radius 2 is 1.73 bits per heavy atom. The van der Waals surface area contributed by atoms with E-state index in [9.17, 15) is 14.4 Å². The van der Waals surface area contributed by atoms with Gasteiger partial charge in [0.1, 0.15) is 11.3 Å². The molecule has 6 heteroatoms. The Kier molecular flexibility index (Phi) is 6.49. The predicted octanol–water partition coefficient (Wildman–Crippen LogP) is 2.68. The molecule has 1 amide bonds. The van der Waals surface area contributed by atoms with Gasteiger partial charge in [-0.3, -0.25) is 9.59 Å². The van der Waals surface area contributed by atoms with Crippen molar-refractivity contribution in [2.24, 2.45) is 0 Å². The van der Waals surface area contributed by atoms with Crippen molar-refractivity contribution in [3.63, 3.8) is 0 Å². The molecule has 136 valence electrons. The van der Waals surface area contributed by atoms with Crippen LogP contribution in [0.15, 0.2) is 42.5 Å². The van der Waals surface area contributed by atoms with Crippen molar-refractivity contribution in [2.75, 3.05) is 13.7 Å². The molecule has 0 atom stereocenters. The van der Waals surface area contributed by atoms with E-state index in [1.54, 1.807) is 36.4 Å². The van der Waals surface area contributed by atoms with E-state index in [1.165, 1.54) is 14.0 Å². The molecule has 26 heavy (non-hydrogen) atoms. The smallest absolute Gasteiger partial charge is 0.342 e. The highest BCUT2D eigenvalue weighted by Crippen LogP contribution is 2.20. The number of hydrogen-bond donors (Lipinski definition) is 1. The van der Waals surface area contributed by atoms with E-state index >= 15 is 0 Å². The number of aryl methyl sites for hydroxylation is 1. The molecule has 2 aromatic carbocycles. The fraction of sp³-hybridized carbons (Fsp3) is 0.250. The summed E-state index contributed by atoms with van der Waals surface area (Å²) in [6.07, 6.45) is 0. The highest BCUT2D eigenvalue weighted by Gasteiger charge is 2.16. The summed E-state index contributed by atoms with van der Waals surface area (Å²) in [4.78, 5) is 35.3. The molecule has 2 aromatic rings. The molecule has 0 saturated heterocycles. The van der Waals surface area contributed by atoms with E-state index in [0.29, 0.717) is 17.9 Å². The number of carbonyl (C=O) groups excluding carboxylic acids is 3. The average molecular weight is 355 g/mol. The molecule has 0 spiro atoms. The molecule has 0 saturated carbocycles. The Morgan fingerprint density at radius 3 is 2.35 bits per heavy atom. The minimum Gasteiger partial charge on any atom is -0.496 e. The van der Waals surface area contributed by atoms with Crippen molar-refractivity contribution < 1.29 is 23.9 Å². The third-order valence-electron chi connectivity index (χ3n) is 3.73. The van der Waals surface area contributed by atoms with Gasteiger partial charge in [-0.2, -0.15) is 0 Å². The second-order valence-electron chi connectivity index (χ2n) is 5.81. The van der Waals surface area contributed by atoms with Crippen LogP contribution in [0.25, 0.3) is 0 Å². The van der Waals surface area contributed by atoms with Crippen molar-refractivity contribution in [1.29, 1.82) is 0 Å². The number of Topliss-reactive ketones (excluding diaryl/α,β-unsaturated/α-hetero) is 1. The van der Waals surface area contributed by atoms with Gasteiger partial charge in [-0.1, -0.05) is 35.9 Å². The van der Waals surface area contributed by atoms with Crippen LogP contribution in [0.1, 0.15) is 38.8 Å². The van der Waals surface area contributed by atoms with Crippen molar-refractivity contribution in [2.45, 2.75) is 20.4 Å². The van der Waals surface area contributed by atoms with Gasteiger partial charge in [0.25, 0.3) is 0 Å². The highest BCUT2D eigenvalue weighted by atomic mass is 16.5. The van der Waals surface area contributed by atoms with Gasteiger partial charge in [-0.15, -0.1) is 0 Å². The molecule has 0 aliphatic carbocycles. The summed E-state index contributed by atoms with van der Waals surface area (Å²) in [5.41, 5.74) is 2.48. The molecule has 0 unspecified atom stereocenters. The highest BCUT2D eigenvalue weighted by molar-refractivity contribution is 6.00. The Morgan fingerprint density at radius 1 is 1.04 bits per heavy atom. The molecule has 0 aliphatic heterocycles. The van der Waals surface area contributed by atoms with Gasteiger partial charge in [0.2, 0.25) is 5.91 Å². The number of hydrogen-bond acceptors (Lipinski definition) is 5.